The Balaban J connectivity index is 2.70. The fraction of sp³-hybridized carbons (Fsp3) is 0.364. The first-order chi connectivity index (χ1) is 7.11. The number of halogens is 1. The monoisotopic (exact) mass is 224 g/mol. The Bertz CT molecular complexity index is 493. The predicted octanol–water partition coefficient (Wildman–Crippen LogP) is 2.85. The molecule has 0 saturated carbocycles. The lowest BCUT2D eigenvalue weighted by Gasteiger charge is -2.09. The Labute approximate surface area is 93.2 Å². The number of aryl methyl sites for hydroxylation is 1. The first kappa shape index (κ1) is 10.5. The molecule has 4 heteroatoms. The van der Waals surface area contributed by atoms with Gasteiger partial charge in [0.15, 0.2) is 11.5 Å². The van der Waals surface area contributed by atoms with E-state index in [0.717, 1.165) is 16.7 Å². The third-order valence-electron chi connectivity index (χ3n) is 2.47. The molecule has 2 aromatic rings. The maximum atomic E-state index is 6.01. The highest BCUT2D eigenvalue weighted by molar-refractivity contribution is 6.31. The first-order valence-electron chi connectivity index (χ1n) is 4.88. The molecule has 0 aliphatic rings. The second kappa shape index (κ2) is 3.83. The standard InChI is InChI=1S/C11H13ClN2O/c1-6(5-13)9-3-8(12)4-10-11(9)15-7(2)14-10/h3-4,6H,5,13H2,1-2H3. The molecule has 0 spiro atoms. The Hall–Kier alpha value is -1.06. The average Bonchev–Trinajstić information content (AvgIpc) is 2.55. The fourth-order valence-electron chi connectivity index (χ4n) is 1.63. The van der Waals surface area contributed by atoms with Crippen molar-refractivity contribution in [3.05, 3.63) is 28.6 Å². The summed E-state index contributed by atoms with van der Waals surface area (Å²) in [7, 11) is 0. The maximum Gasteiger partial charge on any atom is 0.192 e. The molecule has 0 saturated heterocycles. The highest BCUT2D eigenvalue weighted by Crippen LogP contribution is 2.29. The summed E-state index contributed by atoms with van der Waals surface area (Å²) in [5.41, 5.74) is 8.28. The number of benzene rings is 1. The molecule has 3 nitrogen and oxygen atoms in total. The highest BCUT2D eigenvalue weighted by Gasteiger charge is 2.14. The molecule has 0 aliphatic heterocycles. The van der Waals surface area contributed by atoms with Crippen LogP contribution in [-0.4, -0.2) is 11.5 Å². The molecular weight excluding hydrogens is 212 g/mol. The number of nitrogens with zero attached hydrogens (tertiary/aromatic N) is 1. The molecule has 1 aromatic carbocycles. The van der Waals surface area contributed by atoms with E-state index >= 15 is 0 Å². The van der Waals surface area contributed by atoms with E-state index in [1.54, 1.807) is 6.07 Å². The molecule has 1 unspecified atom stereocenters. The Morgan fingerprint density at radius 1 is 1.53 bits per heavy atom. The van der Waals surface area contributed by atoms with Gasteiger partial charge in [0.05, 0.1) is 0 Å². The molecule has 2 N–H and O–H groups in total. The second-order valence-electron chi connectivity index (χ2n) is 3.71. The van der Waals surface area contributed by atoms with E-state index in [-0.39, 0.29) is 5.92 Å². The minimum atomic E-state index is 0.221. The smallest absolute Gasteiger partial charge is 0.192 e. The van der Waals surface area contributed by atoms with E-state index < -0.39 is 0 Å². The Morgan fingerprint density at radius 3 is 2.93 bits per heavy atom. The molecule has 0 aliphatic carbocycles. The molecule has 15 heavy (non-hydrogen) atoms. The molecule has 1 aromatic heterocycles. The summed E-state index contributed by atoms with van der Waals surface area (Å²) in [4.78, 5) is 4.26. The zero-order chi connectivity index (χ0) is 11.0. The van der Waals surface area contributed by atoms with Crippen molar-refractivity contribution in [2.24, 2.45) is 5.73 Å². The summed E-state index contributed by atoms with van der Waals surface area (Å²) in [5, 5.41) is 0.672. The van der Waals surface area contributed by atoms with Crippen LogP contribution >= 0.6 is 11.6 Å². The minimum absolute atomic E-state index is 0.221. The van der Waals surface area contributed by atoms with Gasteiger partial charge < -0.3 is 10.2 Å². The quantitative estimate of drug-likeness (QED) is 0.854. The summed E-state index contributed by atoms with van der Waals surface area (Å²) in [6, 6.07) is 3.70. The summed E-state index contributed by atoms with van der Waals surface area (Å²) in [5.74, 6) is 0.872. The van der Waals surface area contributed by atoms with Crippen molar-refractivity contribution in [3.63, 3.8) is 0 Å². The van der Waals surface area contributed by atoms with Gasteiger partial charge in [-0.2, -0.15) is 0 Å². The summed E-state index contributed by atoms with van der Waals surface area (Å²) >= 11 is 6.01. The van der Waals surface area contributed by atoms with Crippen LogP contribution in [0.5, 0.6) is 0 Å². The van der Waals surface area contributed by atoms with Crippen LogP contribution in [0, 0.1) is 6.92 Å². The molecule has 0 bridgehead atoms. The molecule has 0 radical (unpaired) electrons. The van der Waals surface area contributed by atoms with Crippen LogP contribution in [0.2, 0.25) is 5.02 Å². The van der Waals surface area contributed by atoms with Gasteiger partial charge in [0.25, 0.3) is 0 Å². The molecule has 0 fully saturated rings. The van der Waals surface area contributed by atoms with Crippen molar-refractivity contribution in [2.45, 2.75) is 19.8 Å². The number of fused-ring (bicyclic) bond motifs is 1. The van der Waals surface area contributed by atoms with Crippen molar-refractivity contribution < 1.29 is 4.42 Å². The van der Waals surface area contributed by atoms with E-state index in [2.05, 4.69) is 4.98 Å². The van der Waals surface area contributed by atoms with Crippen molar-refractivity contribution in [1.29, 1.82) is 0 Å². The third kappa shape index (κ3) is 1.85. The van der Waals surface area contributed by atoms with E-state index in [0.29, 0.717) is 17.5 Å². The van der Waals surface area contributed by atoms with E-state index in [1.807, 2.05) is 19.9 Å². The van der Waals surface area contributed by atoms with Crippen LogP contribution in [0.25, 0.3) is 11.1 Å². The summed E-state index contributed by atoms with van der Waals surface area (Å²) in [6.45, 7) is 4.43. The third-order valence-corrected chi connectivity index (χ3v) is 2.69. The number of oxazole rings is 1. The molecule has 2 rings (SSSR count). The number of nitrogens with two attached hydrogens (primary N) is 1. The van der Waals surface area contributed by atoms with Crippen LogP contribution < -0.4 is 5.73 Å². The Kier molecular flexibility index (Phi) is 2.67. The predicted molar refractivity (Wildman–Crippen MR) is 61.2 cm³/mol. The van der Waals surface area contributed by atoms with Gasteiger partial charge in [-0.05, 0) is 24.6 Å². The first-order valence-corrected chi connectivity index (χ1v) is 5.26. The van der Waals surface area contributed by atoms with Gasteiger partial charge in [-0.15, -0.1) is 0 Å². The molecule has 1 heterocycles. The number of rotatable bonds is 2. The number of hydrogen-bond acceptors (Lipinski definition) is 3. The lowest BCUT2D eigenvalue weighted by atomic mass is 10.0. The van der Waals surface area contributed by atoms with Crippen LogP contribution in [0.1, 0.15) is 24.3 Å². The van der Waals surface area contributed by atoms with Crippen molar-refractivity contribution >= 4 is 22.7 Å². The number of hydrogen-bond donors (Lipinski definition) is 1. The molecule has 0 amide bonds. The lowest BCUT2D eigenvalue weighted by molar-refractivity contribution is 0.554. The van der Waals surface area contributed by atoms with Crippen molar-refractivity contribution in [2.75, 3.05) is 6.54 Å². The van der Waals surface area contributed by atoms with Crippen molar-refractivity contribution in [1.82, 2.24) is 4.98 Å². The van der Waals surface area contributed by atoms with Crippen LogP contribution in [0.4, 0.5) is 0 Å². The maximum absolute atomic E-state index is 6.01. The van der Waals surface area contributed by atoms with Gasteiger partial charge in [0.2, 0.25) is 0 Å². The summed E-state index contributed by atoms with van der Waals surface area (Å²) in [6.07, 6.45) is 0. The second-order valence-corrected chi connectivity index (χ2v) is 4.15. The van der Waals surface area contributed by atoms with Crippen LogP contribution in [0.3, 0.4) is 0 Å². The van der Waals surface area contributed by atoms with Gasteiger partial charge in [0.1, 0.15) is 5.52 Å². The minimum Gasteiger partial charge on any atom is -0.441 e. The lowest BCUT2D eigenvalue weighted by Crippen LogP contribution is -2.09. The SMILES string of the molecule is Cc1nc2cc(Cl)cc(C(C)CN)c2o1. The largest absolute Gasteiger partial charge is 0.441 e. The zero-order valence-electron chi connectivity index (χ0n) is 8.75. The topological polar surface area (TPSA) is 52.0 Å². The van der Waals surface area contributed by atoms with Gasteiger partial charge in [-0.1, -0.05) is 18.5 Å². The Morgan fingerprint density at radius 2 is 2.27 bits per heavy atom. The van der Waals surface area contributed by atoms with Crippen molar-refractivity contribution in [3.8, 4) is 0 Å². The molecule has 80 valence electrons. The average molecular weight is 225 g/mol. The van der Waals surface area contributed by atoms with Gasteiger partial charge in [-0.3, -0.25) is 0 Å². The normalized spacial score (nSPS) is 13.3. The summed E-state index contributed by atoms with van der Waals surface area (Å²) < 4.78 is 5.55. The van der Waals surface area contributed by atoms with E-state index in [1.165, 1.54) is 0 Å². The fourth-order valence-corrected chi connectivity index (χ4v) is 1.85. The molecular formula is C11H13ClN2O. The highest BCUT2D eigenvalue weighted by atomic mass is 35.5. The van der Waals surface area contributed by atoms with Gasteiger partial charge >= 0.3 is 0 Å². The van der Waals surface area contributed by atoms with Gasteiger partial charge in [0, 0.05) is 17.5 Å². The number of aromatic nitrogens is 1. The molecule has 1 atom stereocenters. The van der Waals surface area contributed by atoms with Gasteiger partial charge in [-0.25, -0.2) is 4.98 Å². The van der Waals surface area contributed by atoms with Crippen LogP contribution in [-0.2, 0) is 0 Å². The zero-order valence-corrected chi connectivity index (χ0v) is 9.51. The van der Waals surface area contributed by atoms with E-state index in [4.69, 9.17) is 21.8 Å². The van der Waals surface area contributed by atoms with E-state index in [9.17, 15) is 0 Å². The van der Waals surface area contributed by atoms with Crippen LogP contribution in [0.15, 0.2) is 16.5 Å².